The number of nitrogen functional groups attached to an aromatic ring is 1. The highest BCUT2D eigenvalue weighted by Gasteiger charge is 2.33. The summed E-state index contributed by atoms with van der Waals surface area (Å²) in [5, 5.41) is 0. The second kappa shape index (κ2) is 6.15. The molecule has 1 aromatic carbocycles. The summed E-state index contributed by atoms with van der Waals surface area (Å²) in [7, 11) is 0. The maximum Gasteiger partial charge on any atom is 0.418 e. The molecule has 0 fully saturated rings. The van der Waals surface area contributed by atoms with Crippen LogP contribution >= 0.6 is 0 Å². The number of hydrogen-bond acceptors (Lipinski definition) is 2. The minimum Gasteiger partial charge on any atom is -0.398 e. The molecular weight excluding hydrogens is 269 g/mol. The minimum absolute atomic E-state index is 0.00836. The smallest absolute Gasteiger partial charge is 0.398 e. The van der Waals surface area contributed by atoms with Gasteiger partial charge in [-0.1, -0.05) is 13.8 Å². The molecule has 0 aliphatic rings. The molecule has 0 unspecified atom stereocenters. The summed E-state index contributed by atoms with van der Waals surface area (Å²) >= 11 is 0. The molecule has 6 heteroatoms. The van der Waals surface area contributed by atoms with Crippen molar-refractivity contribution < 1.29 is 18.0 Å². The van der Waals surface area contributed by atoms with Gasteiger partial charge in [-0.2, -0.15) is 13.2 Å². The van der Waals surface area contributed by atoms with E-state index in [-0.39, 0.29) is 17.2 Å². The molecule has 1 rings (SSSR count). The Bertz CT molecular complexity index is 484. The van der Waals surface area contributed by atoms with Gasteiger partial charge in [-0.3, -0.25) is 4.79 Å². The third kappa shape index (κ3) is 3.88. The second-order valence-corrected chi connectivity index (χ2v) is 5.04. The molecule has 0 radical (unpaired) electrons. The van der Waals surface area contributed by atoms with Gasteiger partial charge in [0.1, 0.15) is 0 Å². The Kier molecular flexibility index (Phi) is 5.03. The number of nitrogens with two attached hydrogens (primary N) is 1. The number of amides is 1. The summed E-state index contributed by atoms with van der Waals surface area (Å²) in [6.07, 6.45) is -4.56. The molecule has 1 aromatic rings. The standard InChI is InChI=1S/C14H19F3N2O/c1-4-19(8-9(2)3)13(20)10-5-6-12(18)11(7-10)14(15,16)17/h5-7,9H,4,8,18H2,1-3H3. The van der Waals surface area contributed by atoms with E-state index < -0.39 is 17.6 Å². The molecule has 0 saturated carbocycles. The van der Waals surface area contributed by atoms with E-state index in [9.17, 15) is 18.0 Å². The zero-order valence-corrected chi connectivity index (χ0v) is 11.8. The molecule has 3 nitrogen and oxygen atoms in total. The Morgan fingerprint density at radius 1 is 1.35 bits per heavy atom. The first-order valence-corrected chi connectivity index (χ1v) is 6.42. The molecule has 0 aliphatic carbocycles. The summed E-state index contributed by atoms with van der Waals surface area (Å²) in [6, 6.07) is 3.27. The molecule has 0 aromatic heterocycles. The van der Waals surface area contributed by atoms with Crippen LogP contribution in [-0.4, -0.2) is 23.9 Å². The van der Waals surface area contributed by atoms with Gasteiger partial charge in [-0.05, 0) is 31.0 Å². The predicted octanol–water partition coefficient (Wildman–Crippen LogP) is 3.41. The Labute approximate surface area is 116 Å². The maximum atomic E-state index is 12.8. The molecular formula is C14H19F3N2O. The molecule has 1 amide bonds. The lowest BCUT2D eigenvalue weighted by Crippen LogP contribution is -2.34. The molecule has 0 atom stereocenters. The van der Waals surface area contributed by atoms with Crippen molar-refractivity contribution in [3.8, 4) is 0 Å². The van der Waals surface area contributed by atoms with Crippen LogP contribution in [0.3, 0.4) is 0 Å². The quantitative estimate of drug-likeness (QED) is 0.863. The lowest BCUT2D eigenvalue weighted by Gasteiger charge is -2.23. The van der Waals surface area contributed by atoms with Gasteiger partial charge in [0.25, 0.3) is 5.91 Å². The topological polar surface area (TPSA) is 46.3 Å². The van der Waals surface area contributed by atoms with Crippen LogP contribution in [0.1, 0.15) is 36.7 Å². The van der Waals surface area contributed by atoms with E-state index in [0.717, 1.165) is 12.1 Å². The van der Waals surface area contributed by atoms with Gasteiger partial charge >= 0.3 is 6.18 Å². The molecule has 0 saturated heterocycles. The largest absolute Gasteiger partial charge is 0.418 e. The number of halogens is 3. The summed E-state index contributed by atoms with van der Waals surface area (Å²) in [5.41, 5.74) is 3.99. The van der Waals surface area contributed by atoms with E-state index in [1.54, 1.807) is 6.92 Å². The molecule has 112 valence electrons. The normalized spacial score (nSPS) is 11.8. The van der Waals surface area contributed by atoms with Crippen LogP contribution in [0.15, 0.2) is 18.2 Å². The average Bonchev–Trinajstić information content (AvgIpc) is 2.34. The minimum atomic E-state index is -4.56. The summed E-state index contributed by atoms with van der Waals surface area (Å²) in [6.45, 7) is 6.63. The Morgan fingerprint density at radius 3 is 2.40 bits per heavy atom. The highest BCUT2D eigenvalue weighted by atomic mass is 19.4. The van der Waals surface area contributed by atoms with Crippen LogP contribution in [0.5, 0.6) is 0 Å². The lowest BCUT2D eigenvalue weighted by molar-refractivity contribution is -0.136. The number of nitrogens with zero attached hydrogens (tertiary/aromatic N) is 1. The van der Waals surface area contributed by atoms with Crippen LogP contribution in [0.4, 0.5) is 18.9 Å². The summed E-state index contributed by atoms with van der Waals surface area (Å²) in [4.78, 5) is 13.7. The predicted molar refractivity (Wildman–Crippen MR) is 72.3 cm³/mol. The van der Waals surface area contributed by atoms with E-state index in [1.807, 2.05) is 13.8 Å². The number of carbonyl (C=O) groups is 1. The third-order valence-corrected chi connectivity index (χ3v) is 2.86. The van der Waals surface area contributed by atoms with Crippen LogP contribution in [-0.2, 0) is 6.18 Å². The van der Waals surface area contributed by atoms with E-state index in [2.05, 4.69) is 0 Å². The van der Waals surface area contributed by atoms with Crippen molar-refractivity contribution in [1.82, 2.24) is 4.90 Å². The van der Waals surface area contributed by atoms with Crippen molar-refractivity contribution in [3.05, 3.63) is 29.3 Å². The Hall–Kier alpha value is -1.72. The van der Waals surface area contributed by atoms with Crippen LogP contribution < -0.4 is 5.73 Å². The fourth-order valence-electron chi connectivity index (χ4n) is 1.91. The average molecular weight is 288 g/mol. The van der Waals surface area contributed by atoms with Crippen molar-refractivity contribution in [3.63, 3.8) is 0 Å². The van der Waals surface area contributed by atoms with Gasteiger partial charge in [-0.25, -0.2) is 0 Å². The van der Waals surface area contributed by atoms with Crippen molar-refractivity contribution in [2.24, 2.45) is 5.92 Å². The van der Waals surface area contributed by atoms with Crippen LogP contribution in [0.25, 0.3) is 0 Å². The van der Waals surface area contributed by atoms with Crippen LogP contribution in [0, 0.1) is 5.92 Å². The number of hydrogen-bond donors (Lipinski definition) is 1. The van der Waals surface area contributed by atoms with E-state index in [1.165, 1.54) is 11.0 Å². The Morgan fingerprint density at radius 2 is 1.95 bits per heavy atom. The summed E-state index contributed by atoms with van der Waals surface area (Å²) in [5.74, 6) is -0.165. The number of carbonyl (C=O) groups excluding carboxylic acids is 1. The second-order valence-electron chi connectivity index (χ2n) is 5.04. The van der Waals surface area contributed by atoms with Crippen molar-refractivity contribution in [2.45, 2.75) is 26.9 Å². The first-order chi connectivity index (χ1) is 9.16. The lowest BCUT2D eigenvalue weighted by atomic mass is 10.1. The molecule has 2 N–H and O–H groups in total. The highest BCUT2D eigenvalue weighted by Crippen LogP contribution is 2.34. The molecule has 0 spiro atoms. The maximum absolute atomic E-state index is 12.8. The van der Waals surface area contributed by atoms with E-state index >= 15 is 0 Å². The fraction of sp³-hybridized carbons (Fsp3) is 0.500. The van der Waals surface area contributed by atoms with Gasteiger partial charge in [-0.15, -0.1) is 0 Å². The van der Waals surface area contributed by atoms with E-state index in [0.29, 0.717) is 13.1 Å². The first kappa shape index (κ1) is 16.3. The van der Waals surface area contributed by atoms with E-state index in [4.69, 9.17) is 5.73 Å². The molecule has 20 heavy (non-hydrogen) atoms. The van der Waals surface area contributed by atoms with Crippen LogP contribution in [0.2, 0.25) is 0 Å². The summed E-state index contributed by atoms with van der Waals surface area (Å²) < 4.78 is 38.3. The molecule has 0 aliphatic heterocycles. The Balaban J connectivity index is 3.10. The molecule has 0 heterocycles. The van der Waals surface area contributed by atoms with Gasteiger partial charge in [0.15, 0.2) is 0 Å². The van der Waals surface area contributed by atoms with Gasteiger partial charge in [0, 0.05) is 24.3 Å². The third-order valence-electron chi connectivity index (χ3n) is 2.86. The number of benzene rings is 1. The van der Waals surface area contributed by atoms with Gasteiger partial charge in [0.2, 0.25) is 0 Å². The van der Waals surface area contributed by atoms with Crippen molar-refractivity contribution >= 4 is 11.6 Å². The van der Waals surface area contributed by atoms with Crippen molar-refractivity contribution in [2.75, 3.05) is 18.8 Å². The zero-order valence-electron chi connectivity index (χ0n) is 11.8. The SMILES string of the molecule is CCN(CC(C)C)C(=O)c1ccc(N)c(C(F)(F)F)c1. The number of alkyl halides is 3. The first-order valence-electron chi connectivity index (χ1n) is 6.42. The number of rotatable bonds is 4. The zero-order chi connectivity index (χ0) is 15.5. The fourth-order valence-corrected chi connectivity index (χ4v) is 1.91. The monoisotopic (exact) mass is 288 g/mol. The van der Waals surface area contributed by atoms with Gasteiger partial charge < -0.3 is 10.6 Å². The van der Waals surface area contributed by atoms with Crippen molar-refractivity contribution in [1.29, 1.82) is 0 Å². The number of anilines is 1. The van der Waals surface area contributed by atoms with Gasteiger partial charge in [0.05, 0.1) is 5.56 Å². The highest BCUT2D eigenvalue weighted by molar-refractivity contribution is 5.95. The molecule has 0 bridgehead atoms.